The van der Waals surface area contributed by atoms with Crippen molar-refractivity contribution in [3.8, 4) is 0 Å². The average molecular weight is 424 g/mol. The fourth-order valence-electron chi connectivity index (χ4n) is 4.20. The first-order valence-corrected chi connectivity index (χ1v) is 12.1. The molecule has 0 atom stereocenters. The van der Waals surface area contributed by atoms with Gasteiger partial charge in [0.05, 0.1) is 22.5 Å². The van der Waals surface area contributed by atoms with Gasteiger partial charge in [0.25, 0.3) is 0 Å². The van der Waals surface area contributed by atoms with Gasteiger partial charge in [-0.1, -0.05) is 24.3 Å². The zero-order valence-electron chi connectivity index (χ0n) is 16.8. The second-order valence-electron chi connectivity index (χ2n) is 7.84. The van der Waals surface area contributed by atoms with Gasteiger partial charge >= 0.3 is 0 Å². The van der Waals surface area contributed by atoms with Crippen LogP contribution in [0.5, 0.6) is 0 Å². The lowest BCUT2D eigenvalue weighted by atomic mass is 10.2. The van der Waals surface area contributed by atoms with E-state index in [9.17, 15) is 8.42 Å². The maximum atomic E-state index is 12.3. The Kier molecular flexibility index (Phi) is 4.94. The van der Waals surface area contributed by atoms with Gasteiger partial charge in [0.15, 0.2) is 11.6 Å². The van der Waals surface area contributed by atoms with Gasteiger partial charge in [0.1, 0.15) is 0 Å². The molecule has 0 radical (unpaired) electrons. The summed E-state index contributed by atoms with van der Waals surface area (Å²) >= 11 is 0. The highest BCUT2D eigenvalue weighted by atomic mass is 32.2. The summed E-state index contributed by atoms with van der Waals surface area (Å²) in [5.41, 5.74) is 3.50. The zero-order chi connectivity index (χ0) is 20.6. The van der Waals surface area contributed by atoms with Gasteiger partial charge < -0.3 is 10.2 Å². The Labute approximate surface area is 176 Å². The Hall–Kier alpha value is -2.87. The van der Waals surface area contributed by atoms with E-state index in [1.807, 2.05) is 48.5 Å². The number of nitrogens with one attached hydrogen (secondary N) is 1. The molecule has 0 saturated carbocycles. The van der Waals surface area contributed by atoms with Crippen LogP contribution in [0.2, 0.25) is 0 Å². The number of hydrogen-bond donors (Lipinski definition) is 1. The minimum atomic E-state index is -3.18. The highest BCUT2D eigenvalue weighted by Crippen LogP contribution is 2.29. The Balaban J connectivity index is 1.42. The van der Waals surface area contributed by atoms with Crippen LogP contribution in [0.25, 0.3) is 11.0 Å². The first-order chi connectivity index (χ1) is 14.6. The number of para-hydroxylation sites is 2. The van der Waals surface area contributed by atoms with Crippen molar-refractivity contribution in [2.75, 3.05) is 39.9 Å². The van der Waals surface area contributed by atoms with Crippen molar-refractivity contribution >= 4 is 38.4 Å². The molecule has 1 aromatic heterocycles. The maximum absolute atomic E-state index is 12.3. The predicted molar refractivity (Wildman–Crippen MR) is 121 cm³/mol. The molecular formula is C22H25N5O2S. The quantitative estimate of drug-likeness (QED) is 0.678. The third kappa shape index (κ3) is 3.67. The van der Waals surface area contributed by atoms with E-state index in [4.69, 9.17) is 9.97 Å². The van der Waals surface area contributed by atoms with E-state index in [0.29, 0.717) is 19.5 Å². The molecule has 156 valence electrons. The lowest BCUT2D eigenvalue weighted by molar-refractivity contribution is 0.599. The number of nitrogens with zero attached hydrogens (tertiary/aromatic N) is 4. The molecule has 2 saturated heterocycles. The van der Waals surface area contributed by atoms with Crippen LogP contribution in [0.1, 0.15) is 24.8 Å². The Bertz CT molecular complexity index is 1180. The van der Waals surface area contributed by atoms with Crippen molar-refractivity contribution in [3.63, 3.8) is 0 Å². The molecule has 0 aliphatic carbocycles. The molecule has 7 nitrogen and oxygen atoms in total. The topological polar surface area (TPSA) is 78.4 Å². The van der Waals surface area contributed by atoms with Crippen molar-refractivity contribution in [2.45, 2.75) is 25.8 Å². The summed E-state index contributed by atoms with van der Waals surface area (Å²) in [5.74, 6) is 1.89. The molecule has 0 amide bonds. The van der Waals surface area contributed by atoms with E-state index >= 15 is 0 Å². The van der Waals surface area contributed by atoms with Crippen molar-refractivity contribution in [1.29, 1.82) is 0 Å². The molecule has 2 aliphatic heterocycles. The van der Waals surface area contributed by atoms with Gasteiger partial charge in [-0.15, -0.1) is 0 Å². The number of rotatable bonds is 5. The molecule has 2 aromatic carbocycles. The van der Waals surface area contributed by atoms with E-state index in [0.717, 1.165) is 47.0 Å². The largest absolute Gasteiger partial charge is 0.363 e. The molecule has 5 rings (SSSR count). The lowest BCUT2D eigenvalue weighted by Gasteiger charge is -2.21. The van der Waals surface area contributed by atoms with Crippen LogP contribution in [0.15, 0.2) is 48.5 Å². The van der Waals surface area contributed by atoms with Crippen LogP contribution >= 0.6 is 0 Å². The Morgan fingerprint density at radius 2 is 1.67 bits per heavy atom. The lowest BCUT2D eigenvalue weighted by Crippen LogP contribution is -2.25. The zero-order valence-corrected chi connectivity index (χ0v) is 17.6. The molecule has 3 aromatic rings. The Morgan fingerprint density at radius 3 is 2.40 bits per heavy atom. The smallest absolute Gasteiger partial charge is 0.235 e. The first kappa shape index (κ1) is 19.1. The highest BCUT2D eigenvalue weighted by Gasteiger charge is 2.28. The summed E-state index contributed by atoms with van der Waals surface area (Å²) in [5, 5.41) is 3.45. The van der Waals surface area contributed by atoms with Crippen molar-refractivity contribution in [2.24, 2.45) is 0 Å². The van der Waals surface area contributed by atoms with Crippen LogP contribution in [-0.4, -0.2) is 43.8 Å². The number of anilines is 3. The van der Waals surface area contributed by atoms with Gasteiger partial charge in [-0.25, -0.2) is 18.4 Å². The summed E-state index contributed by atoms with van der Waals surface area (Å²) in [6, 6.07) is 15.6. The second-order valence-corrected chi connectivity index (χ2v) is 9.86. The Morgan fingerprint density at radius 1 is 0.900 bits per heavy atom. The molecule has 2 fully saturated rings. The number of fused-ring (bicyclic) bond motifs is 1. The predicted octanol–water partition coefficient (Wildman–Crippen LogP) is 3.38. The number of aromatic nitrogens is 2. The standard InChI is InChI=1S/C22H25N5O2S/c28-30(29)14-6-13-27(30)18-8-5-7-17(15-18)16-23-21-22(26-11-3-4-12-26)25-20-10-2-1-9-19(20)24-21/h1-2,5,7-10,15H,3-4,6,11-14,16H2,(H,23,24). The van der Waals surface area contributed by atoms with E-state index in [-0.39, 0.29) is 5.75 Å². The molecule has 0 unspecified atom stereocenters. The van der Waals surface area contributed by atoms with Crippen molar-refractivity contribution in [3.05, 3.63) is 54.1 Å². The molecule has 8 heteroatoms. The van der Waals surface area contributed by atoms with E-state index in [1.54, 1.807) is 0 Å². The van der Waals surface area contributed by atoms with Gasteiger partial charge in [-0.05, 0) is 49.1 Å². The highest BCUT2D eigenvalue weighted by molar-refractivity contribution is 7.93. The molecule has 2 aliphatic rings. The van der Waals surface area contributed by atoms with E-state index < -0.39 is 10.0 Å². The SMILES string of the molecule is O=S1(=O)CCCN1c1cccc(CNc2nc3ccccc3nc2N2CCCC2)c1. The third-order valence-electron chi connectivity index (χ3n) is 5.72. The monoisotopic (exact) mass is 423 g/mol. The summed E-state index contributed by atoms with van der Waals surface area (Å²) in [7, 11) is -3.18. The molecule has 1 N–H and O–H groups in total. The maximum Gasteiger partial charge on any atom is 0.235 e. The first-order valence-electron chi connectivity index (χ1n) is 10.5. The fraction of sp³-hybridized carbons (Fsp3) is 0.364. The van der Waals surface area contributed by atoms with Crippen LogP contribution in [-0.2, 0) is 16.6 Å². The summed E-state index contributed by atoms with van der Waals surface area (Å²) in [6.45, 7) is 3.08. The number of sulfonamides is 1. The second kappa shape index (κ2) is 7.75. The molecule has 0 bridgehead atoms. The van der Waals surface area contributed by atoms with Gasteiger partial charge in [0.2, 0.25) is 10.0 Å². The van der Waals surface area contributed by atoms with Gasteiger partial charge in [-0.2, -0.15) is 0 Å². The van der Waals surface area contributed by atoms with Crippen molar-refractivity contribution < 1.29 is 8.42 Å². The molecular weight excluding hydrogens is 398 g/mol. The molecule has 0 spiro atoms. The minimum absolute atomic E-state index is 0.224. The van der Waals surface area contributed by atoms with Crippen LogP contribution in [0.3, 0.4) is 0 Å². The minimum Gasteiger partial charge on any atom is -0.363 e. The van der Waals surface area contributed by atoms with Gasteiger partial charge in [0, 0.05) is 26.2 Å². The van der Waals surface area contributed by atoms with E-state index in [2.05, 4.69) is 10.2 Å². The number of hydrogen-bond acceptors (Lipinski definition) is 6. The van der Waals surface area contributed by atoms with Gasteiger partial charge in [-0.3, -0.25) is 4.31 Å². The summed E-state index contributed by atoms with van der Waals surface area (Å²) in [4.78, 5) is 12.0. The average Bonchev–Trinajstić information content (AvgIpc) is 3.41. The molecule has 30 heavy (non-hydrogen) atoms. The van der Waals surface area contributed by atoms with E-state index in [1.165, 1.54) is 17.1 Å². The van der Waals surface area contributed by atoms with Crippen LogP contribution in [0.4, 0.5) is 17.3 Å². The summed E-state index contributed by atoms with van der Waals surface area (Å²) < 4.78 is 26.0. The normalized spacial score (nSPS) is 18.3. The third-order valence-corrected chi connectivity index (χ3v) is 7.59. The molecule has 3 heterocycles. The summed E-state index contributed by atoms with van der Waals surface area (Å²) in [6.07, 6.45) is 3.01. The fourth-order valence-corrected chi connectivity index (χ4v) is 5.75. The number of benzene rings is 2. The van der Waals surface area contributed by atoms with Crippen LogP contribution < -0.4 is 14.5 Å². The van der Waals surface area contributed by atoms with Crippen LogP contribution in [0, 0.1) is 0 Å². The van der Waals surface area contributed by atoms with Crippen molar-refractivity contribution in [1.82, 2.24) is 9.97 Å².